The zero-order valence-corrected chi connectivity index (χ0v) is 16.5. The van der Waals surface area contributed by atoms with Gasteiger partial charge in [0.2, 0.25) is 5.91 Å². The van der Waals surface area contributed by atoms with E-state index in [9.17, 15) is 4.79 Å². The molecular weight excluding hydrogens is 346 g/mol. The Labute approximate surface area is 160 Å². The number of ether oxygens (including phenoxy) is 2. The van der Waals surface area contributed by atoms with Crippen LogP contribution in [0.5, 0.6) is 11.5 Å². The summed E-state index contributed by atoms with van der Waals surface area (Å²) in [7, 11) is 3.26. The SMILES string of the molecule is COc1ccc(CCCNC(=O)CSCc2cccc(C)c2)cc1OC. The van der Waals surface area contributed by atoms with Gasteiger partial charge in [-0.3, -0.25) is 4.79 Å². The van der Waals surface area contributed by atoms with Gasteiger partial charge < -0.3 is 14.8 Å². The molecule has 4 nitrogen and oxygen atoms in total. The smallest absolute Gasteiger partial charge is 0.230 e. The molecule has 2 aromatic rings. The molecule has 0 aliphatic heterocycles. The lowest BCUT2D eigenvalue weighted by atomic mass is 10.1. The van der Waals surface area contributed by atoms with Gasteiger partial charge in [-0.1, -0.05) is 35.9 Å². The van der Waals surface area contributed by atoms with E-state index in [1.54, 1.807) is 26.0 Å². The fraction of sp³-hybridized carbons (Fsp3) is 0.381. The summed E-state index contributed by atoms with van der Waals surface area (Å²) in [5, 5.41) is 2.99. The fourth-order valence-electron chi connectivity index (χ4n) is 2.67. The molecular formula is C21H27NO3S. The second-order valence-electron chi connectivity index (χ2n) is 6.12. The summed E-state index contributed by atoms with van der Waals surface area (Å²) in [6.45, 7) is 2.76. The lowest BCUT2D eigenvalue weighted by molar-refractivity contribution is -0.118. The number of hydrogen-bond acceptors (Lipinski definition) is 4. The van der Waals surface area contributed by atoms with E-state index in [-0.39, 0.29) is 5.91 Å². The van der Waals surface area contributed by atoms with Crippen LogP contribution in [0.1, 0.15) is 23.1 Å². The van der Waals surface area contributed by atoms with Crippen molar-refractivity contribution in [3.63, 3.8) is 0 Å². The maximum Gasteiger partial charge on any atom is 0.230 e. The highest BCUT2D eigenvalue weighted by atomic mass is 32.2. The Balaban J connectivity index is 1.64. The van der Waals surface area contributed by atoms with Crippen molar-refractivity contribution in [3.8, 4) is 11.5 Å². The Kier molecular flexibility index (Phi) is 8.35. The molecule has 0 bridgehead atoms. The highest BCUT2D eigenvalue weighted by Crippen LogP contribution is 2.27. The number of nitrogens with one attached hydrogen (secondary N) is 1. The molecule has 1 N–H and O–H groups in total. The number of carbonyl (C=O) groups excluding carboxylic acids is 1. The van der Waals surface area contributed by atoms with Crippen molar-refractivity contribution in [3.05, 3.63) is 59.2 Å². The van der Waals surface area contributed by atoms with Crippen molar-refractivity contribution in [1.29, 1.82) is 0 Å². The third-order valence-electron chi connectivity index (χ3n) is 4.00. The van der Waals surface area contributed by atoms with Gasteiger partial charge in [-0.15, -0.1) is 11.8 Å². The summed E-state index contributed by atoms with van der Waals surface area (Å²) >= 11 is 1.64. The van der Waals surface area contributed by atoms with Crippen molar-refractivity contribution in [2.75, 3.05) is 26.5 Å². The Hall–Kier alpha value is -2.14. The largest absolute Gasteiger partial charge is 0.493 e. The quantitative estimate of drug-likeness (QED) is 0.640. The van der Waals surface area contributed by atoms with E-state index in [1.165, 1.54) is 16.7 Å². The topological polar surface area (TPSA) is 47.6 Å². The number of rotatable bonds is 10. The number of methoxy groups -OCH3 is 2. The van der Waals surface area contributed by atoms with Crippen molar-refractivity contribution in [1.82, 2.24) is 5.32 Å². The van der Waals surface area contributed by atoms with Crippen LogP contribution in [0.2, 0.25) is 0 Å². The summed E-state index contributed by atoms with van der Waals surface area (Å²) in [4.78, 5) is 11.9. The lowest BCUT2D eigenvalue weighted by Gasteiger charge is -2.10. The minimum absolute atomic E-state index is 0.0926. The number of thioether (sulfide) groups is 1. The van der Waals surface area contributed by atoms with Gasteiger partial charge in [0.05, 0.1) is 20.0 Å². The third-order valence-corrected chi connectivity index (χ3v) is 5.00. The van der Waals surface area contributed by atoms with E-state index in [0.29, 0.717) is 12.3 Å². The zero-order valence-electron chi connectivity index (χ0n) is 15.7. The van der Waals surface area contributed by atoms with Gasteiger partial charge in [0.25, 0.3) is 0 Å². The van der Waals surface area contributed by atoms with Gasteiger partial charge in [0.1, 0.15) is 0 Å². The first-order valence-corrected chi connectivity index (χ1v) is 9.88. The number of amides is 1. The van der Waals surface area contributed by atoms with Crippen LogP contribution in [0.15, 0.2) is 42.5 Å². The minimum atomic E-state index is 0.0926. The molecule has 0 fully saturated rings. The average Bonchev–Trinajstić information content (AvgIpc) is 2.65. The van der Waals surface area contributed by atoms with Crippen molar-refractivity contribution >= 4 is 17.7 Å². The molecule has 0 spiro atoms. The highest BCUT2D eigenvalue weighted by Gasteiger charge is 2.05. The monoisotopic (exact) mass is 373 g/mol. The van der Waals surface area contributed by atoms with E-state index in [0.717, 1.165) is 30.1 Å². The van der Waals surface area contributed by atoms with Crippen LogP contribution in [-0.4, -0.2) is 32.4 Å². The first kappa shape index (κ1) is 20.2. The Bertz CT molecular complexity index is 718. The van der Waals surface area contributed by atoms with E-state index in [2.05, 4.69) is 36.5 Å². The molecule has 0 heterocycles. The predicted molar refractivity (Wildman–Crippen MR) is 108 cm³/mol. The first-order valence-electron chi connectivity index (χ1n) is 8.73. The molecule has 0 aliphatic carbocycles. The lowest BCUT2D eigenvalue weighted by Crippen LogP contribution is -2.26. The van der Waals surface area contributed by atoms with Crippen LogP contribution in [0.25, 0.3) is 0 Å². The number of hydrogen-bond donors (Lipinski definition) is 1. The summed E-state index contributed by atoms with van der Waals surface area (Å²) < 4.78 is 10.6. The number of aryl methyl sites for hydroxylation is 2. The van der Waals surface area contributed by atoms with E-state index < -0.39 is 0 Å². The summed E-state index contributed by atoms with van der Waals surface area (Å²) in [6.07, 6.45) is 1.78. The van der Waals surface area contributed by atoms with Gasteiger partial charge in [0, 0.05) is 12.3 Å². The molecule has 2 aromatic carbocycles. The number of carbonyl (C=O) groups is 1. The summed E-state index contributed by atoms with van der Waals surface area (Å²) in [6, 6.07) is 14.3. The van der Waals surface area contributed by atoms with Crippen molar-refractivity contribution in [2.24, 2.45) is 0 Å². The van der Waals surface area contributed by atoms with Crippen molar-refractivity contribution in [2.45, 2.75) is 25.5 Å². The van der Waals surface area contributed by atoms with E-state index in [1.807, 2.05) is 18.2 Å². The summed E-state index contributed by atoms with van der Waals surface area (Å²) in [5.74, 6) is 2.91. The van der Waals surface area contributed by atoms with Gasteiger partial charge in [-0.25, -0.2) is 0 Å². The Morgan fingerprint density at radius 1 is 1.04 bits per heavy atom. The Morgan fingerprint density at radius 3 is 2.58 bits per heavy atom. The molecule has 5 heteroatoms. The zero-order chi connectivity index (χ0) is 18.8. The van der Waals surface area contributed by atoms with Crippen LogP contribution in [0, 0.1) is 6.92 Å². The Morgan fingerprint density at radius 2 is 1.85 bits per heavy atom. The maximum atomic E-state index is 11.9. The molecule has 0 radical (unpaired) electrons. The van der Waals surface area contributed by atoms with Crippen LogP contribution in [0.4, 0.5) is 0 Å². The predicted octanol–water partition coefficient (Wildman–Crippen LogP) is 3.99. The average molecular weight is 374 g/mol. The van der Waals surface area contributed by atoms with Gasteiger partial charge >= 0.3 is 0 Å². The van der Waals surface area contributed by atoms with Gasteiger partial charge in [-0.2, -0.15) is 0 Å². The molecule has 0 saturated carbocycles. The van der Waals surface area contributed by atoms with Crippen molar-refractivity contribution < 1.29 is 14.3 Å². The molecule has 1 amide bonds. The molecule has 140 valence electrons. The second kappa shape index (κ2) is 10.8. The molecule has 0 unspecified atom stereocenters. The maximum absolute atomic E-state index is 11.9. The molecule has 0 atom stereocenters. The fourth-order valence-corrected chi connectivity index (χ4v) is 3.48. The van der Waals surface area contributed by atoms with Gasteiger partial charge in [0.15, 0.2) is 11.5 Å². The van der Waals surface area contributed by atoms with E-state index in [4.69, 9.17) is 9.47 Å². The molecule has 26 heavy (non-hydrogen) atoms. The van der Waals surface area contributed by atoms with Crippen LogP contribution >= 0.6 is 11.8 Å². The molecule has 2 rings (SSSR count). The van der Waals surface area contributed by atoms with Crippen LogP contribution in [-0.2, 0) is 17.0 Å². The molecule has 0 aliphatic rings. The van der Waals surface area contributed by atoms with Crippen LogP contribution in [0.3, 0.4) is 0 Å². The molecule has 0 aromatic heterocycles. The third kappa shape index (κ3) is 6.64. The number of benzene rings is 2. The normalized spacial score (nSPS) is 10.4. The van der Waals surface area contributed by atoms with E-state index >= 15 is 0 Å². The highest BCUT2D eigenvalue weighted by molar-refractivity contribution is 7.99. The minimum Gasteiger partial charge on any atom is -0.493 e. The van der Waals surface area contributed by atoms with Gasteiger partial charge in [-0.05, 0) is 43.0 Å². The van der Waals surface area contributed by atoms with Crippen LogP contribution < -0.4 is 14.8 Å². The molecule has 0 saturated heterocycles. The first-order chi connectivity index (χ1) is 12.6. The standard InChI is InChI=1S/C21H27NO3S/c1-16-6-4-7-18(12-16)14-26-15-21(23)22-11-5-8-17-9-10-19(24-2)20(13-17)25-3/h4,6-7,9-10,12-13H,5,8,11,14-15H2,1-3H3,(H,22,23). The summed E-state index contributed by atoms with van der Waals surface area (Å²) in [5.41, 5.74) is 3.68. The second-order valence-corrected chi connectivity index (χ2v) is 7.11.